The summed E-state index contributed by atoms with van der Waals surface area (Å²) in [7, 11) is 1.68. The van der Waals surface area contributed by atoms with E-state index in [2.05, 4.69) is 33.0 Å². The Labute approximate surface area is 98.1 Å². The van der Waals surface area contributed by atoms with E-state index in [1.165, 1.54) is 0 Å². The summed E-state index contributed by atoms with van der Waals surface area (Å²) in [6.45, 7) is 8.47. The summed E-state index contributed by atoms with van der Waals surface area (Å²) in [6, 6.07) is 6.12. The number of nitrogens with one attached hydrogen (secondary N) is 1. The van der Waals surface area contributed by atoms with E-state index in [1.807, 2.05) is 18.2 Å². The van der Waals surface area contributed by atoms with Crippen molar-refractivity contribution < 1.29 is 4.79 Å². The highest BCUT2D eigenvalue weighted by Gasteiger charge is 2.18. The Morgan fingerprint density at radius 2 is 1.50 bits per heavy atom. The van der Waals surface area contributed by atoms with E-state index >= 15 is 0 Å². The molecule has 0 aromatic heterocycles. The number of hydrogen-bond acceptors (Lipinski definition) is 1. The molecular formula is C14H21NO. The number of rotatable bonds is 3. The standard InChI is InChI=1S/C14H21NO/c1-9(2)11-7-6-8-12(10(3)4)13(11)14(16)15-5/h6-10H,1-5H3,(H,15,16). The molecule has 1 aromatic carbocycles. The van der Waals surface area contributed by atoms with Gasteiger partial charge in [-0.05, 0) is 23.0 Å². The van der Waals surface area contributed by atoms with E-state index in [0.717, 1.165) is 16.7 Å². The van der Waals surface area contributed by atoms with Crippen molar-refractivity contribution in [2.24, 2.45) is 0 Å². The van der Waals surface area contributed by atoms with Crippen LogP contribution in [0.3, 0.4) is 0 Å². The maximum atomic E-state index is 12.0. The minimum Gasteiger partial charge on any atom is -0.355 e. The quantitative estimate of drug-likeness (QED) is 0.830. The van der Waals surface area contributed by atoms with Crippen molar-refractivity contribution in [2.75, 3.05) is 7.05 Å². The molecule has 0 bridgehead atoms. The monoisotopic (exact) mass is 219 g/mol. The summed E-state index contributed by atoms with van der Waals surface area (Å²) in [6.07, 6.45) is 0. The van der Waals surface area contributed by atoms with Gasteiger partial charge < -0.3 is 5.32 Å². The molecule has 1 rings (SSSR count). The highest BCUT2D eigenvalue weighted by Crippen LogP contribution is 2.27. The Morgan fingerprint density at radius 3 is 1.81 bits per heavy atom. The zero-order valence-electron chi connectivity index (χ0n) is 10.8. The second-order valence-corrected chi connectivity index (χ2v) is 4.70. The molecule has 88 valence electrons. The molecule has 2 nitrogen and oxygen atoms in total. The molecule has 0 radical (unpaired) electrons. The van der Waals surface area contributed by atoms with Gasteiger partial charge in [-0.3, -0.25) is 4.79 Å². The molecule has 1 aromatic rings. The first-order valence-corrected chi connectivity index (χ1v) is 5.83. The highest BCUT2D eigenvalue weighted by atomic mass is 16.1. The molecule has 2 heteroatoms. The predicted molar refractivity (Wildman–Crippen MR) is 68.0 cm³/mol. The maximum absolute atomic E-state index is 12.0. The average molecular weight is 219 g/mol. The second kappa shape index (κ2) is 5.15. The van der Waals surface area contributed by atoms with Crippen molar-refractivity contribution in [3.63, 3.8) is 0 Å². The fourth-order valence-corrected chi connectivity index (χ4v) is 1.94. The van der Waals surface area contributed by atoms with E-state index in [9.17, 15) is 4.79 Å². The van der Waals surface area contributed by atoms with Crippen LogP contribution in [0, 0.1) is 0 Å². The van der Waals surface area contributed by atoms with Crippen LogP contribution in [-0.2, 0) is 0 Å². The molecular weight excluding hydrogens is 198 g/mol. The maximum Gasteiger partial charge on any atom is 0.251 e. The number of hydrogen-bond donors (Lipinski definition) is 1. The van der Waals surface area contributed by atoms with Crippen LogP contribution < -0.4 is 5.32 Å². The predicted octanol–water partition coefficient (Wildman–Crippen LogP) is 3.29. The van der Waals surface area contributed by atoms with Crippen LogP contribution in [0.1, 0.15) is 61.0 Å². The molecule has 0 saturated carbocycles. The molecule has 0 aliphatic rings. The molecule has 0 fully saturated rings. The van der Waals surface area contributed by atoms with E-state index in [4.69, 9.17) is 0 Å². The van der Waals surface area contributed by atoms with Crippen LogP contribution in [0.4, 0.5) is 0 Å². The Kier molecular flexibility index (Phi) is 4.11. The van der Waals surface area contributed by atoms with Crippen LogP contribution in [0.2, 0.25) is 0 Å². The van der Waals surface area contributed by atoms with E-state index in [-0.39, 0.29) is 5.91 Å². The van der Waals surface area contributed by atoms with Gasteiger partial charge in [0.2, 0.25) is 0 Å². The summed E-state index contributed by atoms with van der Waals surface area (Å²) in [5, 5.41) is 2.73. The lowest BCUT2D eigenvalue weighted by atomic mass is 9.88. The first-order valence-electron chi connectivity index (χ1n) is 5.83. The van der Waals surface area contributed by atoms with Gasteiger partial charge in [0.15, 0.2) is 0 Å². The summed E-state index contributed by atoms with van der Waals surface area (Å²) in [5.41, 5.74) is 3.12. The van der Waals surface area contributed by atoms with Crippen molar-refractivity contribution in [1.29, 1.82) is 0 Å². The largest absolute Gasteiger partial charge is 0.355 e. The lowest BCUT2D eigenvalue weighted by Crippen LogP contribution is -2.22. The Bertz CT molecular complexity index is 354. The first-order chi connectivity index (χ1) is 7.49. The number of carbonyl (C=O) groups is 1. The van der Waals surface area contributed by atoms with Gasteiger partial charge in [-0.1, -0.05) is 45.9 Å². The summed E-state index contributed by atoms with van der Waals surface area (Å²) in [5.74, 6) is 0.755. The zero-order chi connectivity index (χ0) is 12.3. The Balaban J connectivity index is 3.41. The van der Waals surface area contributed by atoms with Crippen molar-refractivity contribution in [2.45, 2.75) is 39.5 Å². The first kappa shape index (κ1) is 12.8. The van der Waals surface area contributed by atoms with Crippen LogP contribution >= 0.6 is 0 Å². The third-order valence-corrected chi connectivity index (χ3v) is 2.83. The Morgan fingerprint density at radius 1 is 1.06 bits per heavy atom. The molecule has 0 heterocycles. The third kappa shape index (κ3) is 2.43. The van der Waals surface area contributed by atoms with Crippen LogP contribution in [0.5, 0.6) is 0 Å². The summed E-state index contributed by atoms with van der Waals surface area (Å²) < 4.78 is 0. The zero-order valence-corrected chi connectivity index (χ0v) is 10.8. The smallest absolute Gasteiger partial charge is 0.251 e. The summed E-state index contributed by atoms with van der Waals surface area (Å²) >= 11 is 0. The molecule has 0 aliphatic carbocycles. The van der Waals surface area contributed by atoms with Crippen molar-refractivity contribution >= 4 is 5.91 Å². The van der Waals surface area contributed by atoms with Gasteiger partial charge in [0.1, 0.15) is 0 Å². The van der Waals surface area contributed by atoms with Crippen molar-refractivity contribution in [3.05, 3.63) is 34.9 Å². The van der Waals surface area contributed by atoms with E-state index in [1.54, 1.807) is 7.05 Å². The normalized spacial score (nSPS) is 10.9. The molecule has 0 saturated heterocycles. The second-order valence-electron chi connectivity index (χ2n) is 4.70. The van der Waals surface area contributed by atoms with Crippen LogP contribution in [0.25, 0.3) is 0 Å². The molecule has 0 unspecified atom stereocenters. The van der Waals surface area contributed by atoms with Crippen molar-refractivity contribution in [3.8, 4) is 0 Å². The van der Waals surface area contributed by atoms with Gasteiger partial charge in [-0.2, -0.15) is 0 Å². The number of benzene rings is 1. The van der Waals surface area contributed by atoms with Gasteiger partial charge in [0, 0.05) is 12.6 Å². The third-order valence-electron chi connectivity index (χ3n) is 2.83. The average Bonchev–Trinajstić information content (AvgIpc) is 2.26. The molecule has 1 N–H and O–H groups in total. The molecule has 0 atom stereocenters. The lowest BCUT2D eigenvalue weighted by molar-refractivity contribution is 0.0960. The van der Waals surface area contributed by atoms with Gasteiger partial charge >= 0.3 is 0 Å². The van der Waals surface area contributed by atoms with Gasteiger partial charge in [-0.25, -0.2) is 0 Å². The SMILES string of the molecule is CNC(=O)c1c(C(C)C)cccc1C(C)C. The molecule has 0 aliphatic heterocycles. The van der Waals surface area contributed by atoms with Crippen LogP contribution in [-0.4, -0.2) is 13.0 Å². The molecule has 1 amide bonds. The molecule has 16 heavy (non-hydrogen) atoms. The summed E-state index contributed by atoms with van der Waals surface area (Å²) in [4.78, 5) is 12.0. The fraction of sp³-hybridized carbons (Fsp3) is 0.500. The minimum absolute atomic E-state index is 0.0213. The molecule has 0 spiro atoms. The topological polar surface area (TPSA) is 29.1 Å². The Hall–Kier alpha value is -1.31. The van der Waals surface area contributed by atoms with Gasteiger partial charge in [0.25, 0.3) is 5.91 Å². The highest BCUT2D eigenvalue weighted by molar-refractivity contribution is 5.97. The van der Waals surface area contributed by atoms with E-state index in [0.29, 0.717) is 11.8 Å². The minimum atomic E-state index is 0.0213. The van der Waals surface area contributed by atoms with Gasteiger partial charge in [-0.15, -0.1) is 0 Å². The number of amides is 1. The fourth-order valence-electron chi connectivity index (χ4n) is 1.94. The van der Waals surface area contributed by atoms with E-state index < -0.39 is 0 Å². The van der Waals surface area contributed by atoms with Gasteiger partial charge in [0.05, 0.1) is 0 Å². The number of carbonyl (C=O) groups excluding carboxylic acids is 1. The van der Waals surface area contributed by atoms with Crippen LogP contribution in [0.15, 0.2) is 18.2 Å². The van der Waals surface area contributed by atoms with Crippen molar-refractivity contribution in [1.82, 2.24) is 5.32 Å². The lowest BCUT2D eigenvalue weighted by Gasteiger charge is -2.18.